The van der Waals surface area contributed by atoms with Crippen molar-refractivity contribution in [3.05, 3.63) is 22.8 Å². The van der Waals surface area contributed by atoms with Gasteiger partial charge < -0.3 is 20.1 Å². The van der Waals surface area contributed by atoms with Crippen molar-refractivity contribution in [2.24, 2.45) is 10.7 Å². The molecule has 1 saturated heterocycles. The van der Waals surface area contributed by atoms with Gasteiger partial charge in [0, 0.05) is 19.3 Å². The lowest BCUT2D eigenvalue weighted by atomic mass is 10.3. The molecule has 0 unspecified atom stereocenters. The number of hydrogen-bond donors (Lipinski definition) is 1. The van der Waals surface area contributed by atoms with Crippen molar-refractivity contribution >= 4 is 17.6 Å². The van der Waals surface area contributed by atoms with Crippen molar-refractivity contribution in [3.8, 4) is 5.88 Å². The van der Waals surface area contributed by atoms with E-state index in [1.807, 2.05) is 4.90 Å². The van der Waals surface area contributed by atoms with Crippen LogP contribution in [0.2, 0.25) is 5.02 Å². The number of morpholine rings is 1. The maximum atomic E-state index is 6.00. The Morgan fingerprint density at radius 3 is 2.95 bits per heavy atom. The number of guanidine groups is 1. The predicted molar refractivity (Wildman–Crippen MR) is 73.5 cm³/mol. The van der Waals surface area contributed by atoms with Gasteiger partial charge >= 0.3 is 0 Å². The number of halogens is 1. The average molecular weight is 285 g/mol. The van der Waals surface area contributed by atoms with Gasteiger partial charge in [-0.1, -0.05) is 11.6 Å². The summed E-state index contributed by atoms with van der Waals surface area (Å²) in [4.78, 5) is 10.4. The lowest BCUT2D eigenvalue weighted by Gasteiger charge is -2.27. The maximum Gasteiger partial charge on any atom is 0.232 e. The zero-order valence-electron chi connectivity index (χ0n) is 10.8. The summed E-state index contributed by atoms with van der Waals surface area (Å²) >= 11 is 6.00. The molecular formula is C12H17ClN4O2. The smallest absolute Gasteiger partial charge is 0.232 e. The molecule has 104 valence electrons. The van der Waals surface area contributed by atoms with Gasteiger partial charge in [0.25, 0.3) is 0 Å². The van der Waals surface area contributed by atoms with Crippen LogP contribution in [-0.2, 0) is 11.3 Å². The number of methoxy groups -OCH3 is 1. The number of pyridine rings is 1. The molecule has 1 aromatic rings. The molecule has 2 heterocycles. The first kappa shape index (κ1) is 13.9. The third kappa shape index (κ3) is 3.71. The first-order valence-corrected chi connectivity index (χ1v) is 6.39. The maximum absolute atomic E-state index is 6.00. The number of aromatic nitrogens is 1. The largest absolute Gasteiger partial charge is 0.480 e. The number of ether oxygens (including phenoxy) is 2. The van der Waals surface area contributed by atoms with Crippen LogP contribution in [0.25, 0.3) is 0 Å². The number of rotatable bonds is 3. The van der Waals surface area contributed by atoms with E-state index in [1.165, 1.54) is 7.11 Å². The van der Waals surface area contributed by atoms with Crippen LogP contribution in [0, 0.1) is 0 Å². The van der Waals surface area contributed by atoms with Gasteiger partial charge in [-0.05, 0) is 11.6 Å². The molecule has 0 amide bonds. The molecule has 0 bridgehead atoms. The molecule has 1 aliphatic heterocycles. The Hall–Kier alpha value is -1.53. The van der Waals surface area contributed by atoms with E-state index in [0.717, 1.165) is 18.7 Å². The second-order valence-corrected chi connectivity index (χ2v) is 4.52. The molecule has 0 spiro atoms. The molecule has 1 aliphatic rings. The zero-order chi connectivity index (χ0) is 13.7. The van der Waals surface area contributed by atoms with Crippen molar-refractivity contribution in [2.45, 2.75) is 6.54 Å². The van der Waals surface area contributed by atoms with Crippen molar-refractivity contribution in [1.29, 1.82) is 0 Å². The fraction of sp³-hybridized carbons (Fsp3) is 0.500. The fourth-order valence-electron chi connectivity index (χ4n) is 1.77. The Morgan fingerprint density at radius 2 is 2.32 bits per heavy atom. The number of nitrogens with two attached hydrogens (primary N) is 1. The van der Waals surface area contributed by atoms with Gasteiger partial charge in [-0.3, -0.25) is 0 Å². The molecule has 1 fully saturated rings. The van der Waals surface area contributed by atoms with E-state index in [4.69, 9.17) is 26.8 Å². The second-order valence-electron chi connectivity index (χ2n) is 4.11. The van der Waals surface area contributed by atoms with E-state index < -0.39 is 0 Å². The molecule has 1 aromatic heterocycles. The summed E-state index contributed by atoms with van der Waals surface area (Å²) in [5.41, 5.74) is 6.82. The van der Waals surface area contributed by atoms with Gasteiger partial charge in [0.2, 0.25) is 5.88 Å². The average Bonchev–Trinajstić information content (AvgIpc) is 2.46. The van der Waals surface area contributed by atoms with E-state index in [9.17, 15) is 0 Å². The third-order valence-corrected chi connectivity index (χ3v) is 3.09. The quantitative estimate of drug-likeness (QED) is 0.659. The fourth-order valence-corrected chi connectivity index (χ4v) is 2.03. The van der Waals surface area contributed by atoms with Crippen molar-refractivity contribution in [2.75, 3.05) is 33.4 Å². The first-order chi connectivity index (χ1) is 9.20. The van der Waals surface area contributed by atoms with Gasteiger partial charge in [-0.15, -0.1) is 0 Å². The summed E-state index contributed by atoms with van der Waals surface area (Å²) in [5.74, 6) is 0.936. The normalized spacial score (nSPS) is 16.5. The molecule has 6 nitrogen and oxygen atoms in total. The zero-order valence-corrected chi connectivity index (χ0v) is 11.6. The highest BCUT2D eigenvalue weighted by molar-refractivity contribution is 6.31. The van der Waals surface area contributed by atoms with Gasteiger partial charge in [-0.25, -0.2) is 9.98 Å². The molecule has 2 N–H and O–H groups in total. The first-order valence-electron chi connectivity index (χ1n) is 6.01. The van der Waals surface area contributed by atoms with Crippen LogP contribution in [0.4, 0.5) is 0 Å². The van der Waals surface area contributed by atoms with Crippen LogP contribution >= 0.6 is 11.6 Å². The topological polar surface area (TPSA) is 73.0 Å². The van der Waals surface area contributed by atoms with Crippen LogP contribution in [0.1, 0.15) is 5.56 Å². The van der Waals surface area contributed by atoms with Crippen molar-refractivity contribution in [1.82, 2.24) is 9.88 Å². The number of hydrogen-bond acceptors (Lipinski definition) is 4. The van der Waals surface area contributed by atoms with E-state index in [1.54, 1.807) is 12.3 Å². The van der Waals surface area contributed by atoms with E-state index in [-0.39, 0.29) is 0 Å². The molecular weight excluding hydrogens is 268 g/mol. The van der Waals surface area contributed by atoms with Gasteiger partial charge in [0.05, 0.1) is 26.9 Å². The summed E-state index contributed by atoms with van der Waals surface area (Å²) in [7, 11) is 1.53. The Balaban J connectivity index is 1.98. The summed E-state index contributed by atoms with van der Waals surface area (Å²) in [6.45, 7) is 3.37. The lowest BCUT2D eigenvalue weighted by molar-refractivity contribution is 0.0674. The van der Waals surface area contributed by atoms with Crippen LogP contribution in [0.15, 0.2) is 17.3 Å². The van der Waals surface area contributed by atoms with Crippen LogP contribution in [0.5, 0.6) is 5.88 Å². The number of aliphatic imine (C=N–C) groups is 1. The van der Waals surface area contributed by atoms with E-state index in [2.05, 4.69) is 9.98 Å². The minimum absolute atomic E-state index is 0.413. The predicted octanol–water partition coefficient (Wildman–Crippen LogP) is 0.891. The van der Waals surface area contributed by atoms with Gasteiger partial charge in [0.1, 0.15) is 5.02 Å². The highest BCUT2D eigenvalue weighted by atomic mass is 35.5. The molecule has 2 rings (SSSR count). The van der Waals surface area contributed by atoms with Crippen molar-refractivity contribution in [3.63, 3.8) is 0 Å². The Morgan fingerprint density at radius 1 is 1.58 bits per heavy atom. The molecule has 0 radical (unpaired) electrons. The Bertz CT molecular complexity index is 461. The highest BCUT2D eigenvalue weighted by Crippen LogP contribution is 2.22. The summed E-state index contributed by atoms with van der Waals surface area (Å²) in [5, 5.41) is 0.472. The van der Waals surface area contributed by atoms with E-state index >= 15 is 0 Å². The number of nitrogens with zero attached hydrogens (tertiary/aromatic N) is 3. The summed E-state index contributed by atoms with van der Waals surface area (Å²) in [6.07, 6.45) is 1.68. The van der Waals surface area contributed by atoms with Crippen LogP contribution in [0.3, 0.4) is 0 Å². The van der Waals surface area contributed by atoms with Crippen LogP contribution < -0.4 is 10.5 Å². The second kappa shape index (κ2) is 6.58. The van der Waals surface area contributed by atoms with Crippen molar-refractivity contribution < 1.29 is 9.47 Å². The minimum Gasteiger partial charge on any atom is -0.480 e. The summed E-state index contributed by atoms with van der Waals surface area (Å²) in [6, 6.07) is 1.78. The molecule has 0 aliphatic carbocycles. The highest BCUT2D eigenvalue weighted by Gasteiger charge is 2.12. The van der Waals surface area contributed by atoms with E-state index in [0.29, 0.717) is 36.6 Å². The Labute approximate surface area is 117 Å². The van der Waals surface area contributed by atoms with Crippen LogP contribution in [-0.4, -0.2) is 49.3 Å². The molecule has 0 saturated carbocycles. The SMILES string of the molecule is COc1ncc(CN=C(N)N2CCOCC2)cc1Cl. The molecule has 0 atom stereocenters. The van der Waals surface area contributed by atoms with Gasteiger partial charge in [0.15, 0.2) is 5.96 Å². The lowest BCUT2D eigenvalue weighted by Crippen LogP contribution is -2.44. The third-order valence-electron chi connectivity index (χ3n) is 2.82. The summed E-state index contributed by atoms with van der Waals surface area (Å²) < 4.78 is 10.3. The standard InChI is InChI=1S/C12H17ClN4O2/c1-18-11-10(13)6-9(7-15-11)8-16-12(14)17-2-4-19-5-3-17/h6-7H,2-5,8H2,1H3,(H2,14,16). The monoisotopic (exact) mass is 284 g/mol. The molecule has 0 aromatic carbocycles. The van der Waals surface area contributed by atoms with Gasteiger partial charge in [-0.2, -0.15) is 0 Å². The molecule has 19 heavy (non-hydrogen) atoms. The molecule has 7 heteroatoms. The Kier molecular flexibility index (Phi) is 4.81. The minimum atomic E-state index is 0.413.